The molecule has 0 atom stereocenters. The highest BCUT2D eigenvalue weighted by Crippen LogP contribution is 2.22. The van der Waals surface area contributed by atoms with E-state index in [1.807, 2.05) is 24.5 Å². The van der Waals surface area contributed by atoms with Crippen molar-refractivity contribution < 1.29 is 4.42 Å². The van der Waals surface area contributed by atoms with Gasteiger partial charge in [-0.25, -0.2) is 9.98 Å². The van der Waals surface area contributed by atoms with Gasteiger partial charge >= 0.3 is 0 Å². The van der Waals surface area contributed by atoms with E-state index in [1.54, 1.807) is 18.3 Å². The maximum absolute atomic E-state index is 11.9. The molecule has 0 aliphatic carbocycles. The van der Waals surface area contributed by atoms with E-state index in [1.165, 1.54) is 0 Å². The number of aryl methyl sites for hydroxylation is 1. The first-order valence-corrected chi connectivity index (χ1v) is 9.95. The molecule has 0 aromatic carbocycles. The monoisotopic (exact) mass is 515 g/mol. The first kappa shape index (κ1) is 25.2. The maximum Gasteiger partial charge on any atom is 0.250 e. The zero-order valence-corrected chi connectivity index (χ0v) is 20.4. The molecule has 0 radical (unpaired) electrons. The highest BCUT2D eigenvalue weighted by atomic mass is 127. The molecule has 0 saturated heterocycles. The number of unbranched alkanes of at least 4 members (excludes halogenated alkanes) is 1. The van der Waals surface area contributed by atoms with Gasteiger partial charge in [-0.3, -0.25) is 4.79 Å². The number of aromatic nitrogens is 2. The predicted molar refractivity (Wildman–Crippen MR) is 128 cm³/mol. The molecule has 0 unspecified atom stereocenters. The summed E-state index contributed by atoms with van der Waals surface area (Å²) in [6.07, 6.45) is 3.64. The highest BCUT2D eigenvalue weighted by molar-refractivity contribution is 14.0. The van der Waals surface area contributed by atoms with Gasteiger partial charge in [0.15, 0.2) is 5.96 Å². The Kier molecular flexibility index (Phi) is 10.4. The van der Waals surface area contributed by atoms with Crippen molar-refractivity contribution in [3.05, 3.63) is 52.1 Å². The molecule has 2 rings (SSSR count). The van der Waals surface area contributed by atoms with Gasteiger partial charge in [0, 0.05) is 36.8 Å². The Morgan fingerprint density at radius 2 is 2.00 bits per heavy atom. The molecular weight excluding hydrogens is 481 g/mol. The largest absolute Gasteiger partial charge is 0.443 e. The standard InChI is InChI=1S/C21H33N5O2.HI/c1-6-22-20(25-15-18-24-14-17(28-18)21(3,4)5)23-12-7-8-13-26-16(2)10-9-11-19(26)27;/h9-11,14H,6-8,12-13,15H2,1-5H3,(H2,22,23,25);1H. The lowest BCUT2D eigenvalue weighted by Crippen LogP contribution is -2.37. The Balaban J connectivity index is 0.00000420. The summed E-state index contributed by atoms with van der Waals surface area (Å²) in [5.41, 5.74) is 0.996. The van der Waals surface area contributed by atoms with Crippen molar-refractivity contribution in [2.24, 2.45) is 4.99 Å². The number of pyridine rings is 1. The second kappa shape index (κ2) is 12.0. The van der Waals surface area contributed by atoms with Gasteiger partial charge in [-0.2, -0.15) is 0 Å². The molecule has 0 aliphatic rings. The zero-order valence-electron chi connectivity index (χ0n) is 18.1. The Hall–Kier alpha value is -1.84. The fourth-order valence-corrected chi connectivity index (χ4v) is 2.73. The molecule has 0 amide bonds. The quantitative estimate of drug-likeness (QED) is 0.243. The van der Waals surface area contributed by atoms with Crippen LogP contribution in [0.2, 0.25) is 0 Å². The zero-order chi connectivity index (χ0) is 20.6. The number of aliphatic imine (C=N–C) groups is 1. The van der Waals surface area contributed by atoms with Crippen LogP contribution < -0.4 is 16.2 Å². The summed E-state index contributed by atoms with van der Waals surface area (Å²) in [4.78, 5) is 20.7. The molecule has 2 aromatic heterocycles. The summed E-state index contributed by atoms with van der Waals surface area (Å²) in [5, 5.41) is 6.56. The van der Waals surface area contributed by atoms with Gasteiger partial charge in [-0.1, -0.05) is 26.8 Å². The number of nitrogens with zero attached hydrogens (tertiary/aromatic N) is 3. The van der Waals surface area contributed by atoms with E-state index in [-0.39, 0.29) is 35.0 Å². The number of oxazole rings is 1. The van der Waals surface area contributed by atoms with Gasteiger partial charge in [0.2, 0.25) is 5.89 Å². The average Bonchev–Trinajstić information content (AvgIpc) is 3.11. The van der Waals surface area contributed by atoms with Crippen molar-refractivity contribution in [1.29, 1.82) is 0 Å². The van der Waals surface area contributed by atoms with E-state index in [2.05, 4.69) is 41.4 Å². The fraction of sp³-hybridized carbons (Fsp3) is 0.571. The van der Waals surface area contributed by atoms with Gasteiger partial charge < -0.3 is 19.6 Å². The summed E-state index contributed by atoms with van der Waals surface area (Å²) in [6, 6.07) is 5.37. The Morgan fingerprint density at radius 1 is 1.24 bits per heavy atom. The molecule has 0 aliphatic heterocycles. The van der Waals surface area contributed by atoms with E-state index in [0.717, 1.165) is 49.9 Å². The van der Waals surface area contributed by atoms with Gasteiger partial charge in [0.05, 0.1) is 6.20 Å². The molecule has 0 saturated carbocycles. The molecule has 0 fully saturated rings. The minimum atomic E-state index is -0.0587. The number of rotatable bonds is 8. The molecule has 162 valence electrons. The summed E-state index contributed by atoms with van der Waals surface area (Å²) in [7, 11) is 0. The molecule has 2 N–H and O–H groups in total. The van der Waals surface area contributed by atoms with E-state index in [0.29, 0.717) is 12.4 Å². The third kappa shape index (κ3) is 8.20. The van der Waals surface area contributed by atoms with Gasteiger partial charge in [-0.05, 0) is 32.8 Å². The first-order chi connectivity index (χ1) is 13.3. The van der Waals surface area contributed by atoms with Crippen LogP contribution >= 0.6 is 24.0 Å². The van der Waals surface area contributed by atoms with Gasteiger partial charge in [0.1, 0.15) is 12.3 Å². The maximum atomic E-state index is 11.9. The third-order valence-electron chi connectivity index (χ3n) is 4.38. The van der Waals surface area contributed by atoms with E-state index >= 15 is 0 Å². The number of hydrogen-bond acceptors (Lipinski definition) is 4. The van der Waals surface area contributed by atoms with Gasteiger partial charge in [0.25, 0.3) is 5.56 Å². The van der Waals surface area contributed by atoms with E-state index in [9.17, 15) is 4.79 Å². The molecule has 8 heteroatoms. The van der Waals surface area contributed by atoms with Crippen LogP contribution in [0.15, 0.2) is 38.6 Å². The van der Waals surface area contributed by atoms with Crippen LogP contribution in [-0.4, -0.2) is 28.6 Å². The smallest absolute Gasteiger partial charge is 0.250 e. The third-order valence-corrected chi connectivity index (χ3v) is 4.38. The van der Waals surface area contributed by atoms with Crippen molar-refractivity contribution in [3.8, 4) is 0 Å². The fourth-order valence-electron chi connectivity index (χ4n) is 2.73. The summed E-state index contributed by atoms with van der Waals surface area (Å²) >= 11 is 0. The predicted octanol–water partition coefficient (Wildman–Crippen LogP) is 3.60. The molecule has 0 bridgehead atoms. The van der Waals surface area contributed by atoms with Crippen LogP contribution in [0, 0.1) is 6.92 Å². The van der Waals surface area contributed by atoms with Crippen LogP contribution in [0.5, 0.6) is 0 Å². The highest BCUT2D eigenvalue weighted by Gasteiger charge is 2.18. The van der Waals surface area contributed by atoms with E-state index < -0.39 is 0 Å². The van der Waals surface area contributed by atoms with Crippen molar-refractivity contribution in [1.82, 2.24) is 20.2 Å². The molecule has 2 aromatic rings. The second-order valence-corrected chi connectivity index (χ2v) is 7.85. The Labute approximate surface area is 190 Å². The van der Waals surface area contributed by atoms with E-state index in [4.69, 9.17) is 4.42 Å². The molecule has 0 spiro atoms. The summed E-state index contributed by atoms with van der Waals surface area (Å²) in [5.74, 6) is 2.22. The molecule has 29 heavy (non-hydrogen) atoms. The minimum absolute atomic E-state index is 0. The normalized spacial score (nSPS) is 11.8. The van der Waals surface area contributed by atoms with Crippen molar-refractivity contribution in [3.63, 3.8) is 0 Å². The summed E-state index contributed by atoms with van der Waals surface area (Å²) < 4.78 is 7.60. The Bertz CT molecular complexity index is 836. The lowest BCUT2D eigenvalue weighted by atomic mass is 9.94. The molecule has 7 nitrogen and oxygen atoms in total. The average molecular weight is 515 g/mol. The number of hydrogen-bond donors (Lipinski definition) is 2. The lowest BCUT2D eigenvalue weighted by Gasteiger charge is -2.13. The van der Waals surface area contributed by atoms with Crippen molar-refractivity contribution in [2.45, 2.75) is 66.0 Å². The molecular formula is C21H34IN5O2. The second-order valence-electron chi connectivity index (χ2n) is 7.85. The van der Waals surface area contributed by atoms with Crippen molar-refractivity contribution in [2.75, 3.05) is 13.1 Å². The SMILES string of the molecule is CCNC(=NCc1ncc(C(C)(C)C)o1)NCCCCn1c(C)cccc1=O.I. The lowest BCUT2D eigenvalue weighted by molar-refractivity contribution is 0.383. The molecule has 2 heterocycles. The number of guanidine groups is 1. The van der Waals surface area contributed by atoms with Crippen LogP contribution in [-0.2, 0) is 18.5 Å². The van der Waals surface area contributed by atoms with Crippen LogP contribution in [0.1, 0.15) is 57.9 Å². The minimum Gasteiger partial charge on any atom is -0.443 e. The number of halogens is 1. The number of nitrogens with one attached hydrogen (secondary N) is 2. The topological polar surface area (TPSA) is 84.4 Å². The summed E-state index contributed by atoms with van der Waals surface area (Å²) in [6.45, 7) is 13.0. The van der Waals surface area contributed by atoms with Crippen LogP contribution in [0.25, 0.3) is 0 Å². The van der Waals surface area contributed by atoms with Crippen LogP contribution in [0.4, 0.5) is 0 Å². The van der Waals surface area contributed by atoms with Crippen LogP contribution in [0.3, 0.4) is 0 Å². The first-order valence-electron chi connectivity index (χ1n) is 9.95. The van der Waals surface area contributed by atoms with Crippen molar-refractivity contribution >= 4 is 29.9 Å². The Morgan fingerprint density at radius 3 is 2.62 bits per heavy atom. The van der Waals surface area contributed by atoms with Gasteiger partial charge in [-0.15, -0.1) is 24.0 Å².